The van der Waals surface area contributed by atoms with Gasteiger partial charge in [0.1, 0.15) is 0 Å². The Morgan fingerprint density at radius 1 is 1.54 bits per heavy atom. The van der Waals surface area contributed by atoms with Crippen molar-refractivity contribution in [3.05, 3.63) is 23.8 Å². The van der Waals surface area contributed by atoms with Crippen LogP contribution in [0.3, 0.4) is 0 Å². The minimum absolute atomic E-state index is 0.730. The van der Waals surface area contributed by atoms with E-state index in [4.69, 9.17) is 5.84 Å². The third-order valence-electron chi connectivity index (χ3n) is 2.03. The summed E-state index contributed by atoms with van der Waals surface area (Å²) in [6.07, 6.45) is 0. The Hall–Kier alpha value is -0.710. The Bertz CT molecular complexity index is 301. The van der Waals surface area contributed by atoms with Gasteiger partial charge in [-0.3, -0.25) is 11.3 Å². The molecule has 4 heteroatoms. The molecule has 0 aromatic heterocycles. The van der Waals surface area contributed by atoms with Crippen LogP contribution >= 0.6 is 11.8 Å². The number of benzene rings is 1. The Morgan fingerprint density at radius 2 is 2.46 bits per heavy atom. The molecular formula is C9H13N3S. The van der Waals surface area contributed by atoms with Crippen molar-refractivity contribution in [2.24, 2.45) is 5.84 Å². The number of hydrogen-bond acceptors (Lipinski definition) is 4. The molecule has 0 saturated heterocycles. The fraction of sp³-hybridized carbons (Fsp3) is 0.333. The van der Waals surface area contributed by atoms with Crippen molar-refractivity contribution < 1.29 is 0 Å². The van der Waals surface area contributed by atoms with Crippen LogP contribution < -0.4 is 16.6 Å². The molecule has 1 aliphatic rings. The minimum atomic E-state index is 0.730. The summed E-state index contributed by atoms with van der Waals surface area (Å²) in [5.41, 5.74) is 5.14. The van der Waals surface area contributed by atoms with E-state index in [9.17, 15) is 0 Å². The van der Waals surface area contributed by atoms with Crippen molar-refractivity contribution >= 4 is 17.4 Å². The quantitative estimate of drug-likeness (QED) is 0.490. The summed E-state index contributed by atoms with van der Waals surface area (Å²) >= 11 is 1.90. The van der Waals surface area contributed by atoms with E-state index in [1.807, 2.05) is 11.8 Å². The van der Waals surface area contributed by atoms with Gasteiger partial charge in [-0.2, -0.15) is 0 Å². The molecule has 4 N–H and O–H groups in total. The van der Waals surface area contributed by atoms with E-state index in [1.165, 1.54) is 16.1 Å². The van der Waals surface area contributed by atoms with Crippen molar-refractivity contribution in [3.63, 3.8) is 0 Å². The summed E-state index contributed by atoms with van der Waals surface area (Å²) in [5, 5.41) is 3.36. The van der Waals surface area contributed by atoms with Gasteiger partial charge in [-0.05, 0) is 17.7 Å². The highest BCUT2D eigenvalue weighted by Crippen LogP contribution is 2.31. The van der Waals surface area contributed by atoms with Gasteiger partial charge in [0.15, 0.2) is 0 Å². The first-order valence-corrected chi connectivity index (χ1v) is 5.32. The summed E-state index contributed by atoms with van der Waals surface area (Å²) < 4.78 is 0. The van der Waals surface area contributed by atoms with Gasteiger partial charge in [0, 0.05) is 29.4 Å². The lowest BCUT2D eigenvalue weighted by Crippen LogP contribution is -2.21. The molecule has 13 heavy (non-hydrogen) atoms. The smallest absolute Gasteiger partial charge is 0.0478 e. The highest BCUT2D eigenvalue weighted by molar-refractivity contribution is 7.99. The SMILES string of the molecule is NNCc1ccc2c(c1)SCCN2. The van der Waals surface area contributed by atoms with Crippen LogP contribution in [-0.4, -0.2) is 12.3 Å². The fourth-order valence-electron chi connectivity index (χ4n) is 1.41. The molecule has 1 aromatic carbocycles. The van der Waals surface area contributed by atoms with Crippen LogP contribution in [0.1, 0.15) is 5.56 Å². The van der Waals surface area contributed by atoms with E-state index < -0.39 is 0 Å². The molecule has 3 nitrogen and oxygen atoms in total. The standard InChI is InChI=1S/C9H13N3S/c10-12-6-7-1-2-8-9(5-7)13-4-3-11-8/h1-2,5,11-12H,3-4,6,10H2. The first-order chi connectivity index (χ1) is 6.40. The van der Waals surface area contributed by atoms with Crippen LogP contribution in [0.4, 0.5) is 5.69 Å². The van der Waals surface area contributed by atoms with Crippen LogP contribution in [-0.2, 0) is 6.54 Å². The number of fused-ring (bicyclic) bond motifs is 1. The molecule has 0 aliphatic carbocycles. The summed E-state index contributed by atoms with van der Waals surface area (Å²) in [6.45, 7) is 1.79. The first-order valence-electron chi connectivity index (χ1n) is 4.33. The molecule has 0 spiro atoms. The average Bonchev–Trinajstić information content (AvgIpc) is 2.18. The minimum Gasteiger partial charge on any atom is -0.383 e. The molecule has 0 atom stereocenters. The maximum Gasteiger partial charge on any atom is 0.0478 e. The average molecular weight is 195 g/mol. The van der Waals surface area contributed by atoms with E-state index in [0.717, 1.165) is 18.8 Å². The molecule has 0 fully saturated rings. The number of anilines is 1. The molecule has 0 amide bonds. The van der Waals surface area contributed by atoms with Crippen molar-refractivity contribution in [2.75, 3.05) is 17.6 Å². The van der Waals surface area contributed by atoms with Gasteiger partial charge < -0.3 is 5.32 Å². The summed E-state index contributed by atoms with van der Waals surface area (Å²) in [4.78, 5) is 1.33. The van der Waals surface area contributed by atoms with Crippen molar-refractivity contribution in [3.8, 4) is 0 Å². The second-order valence-electron chi connectivity index (χ2n) is 2.99. The predicted molar refractivity (Wildman–Crippen MR) is 56.7 cm³/mol. The first kappa shape index (κ1) is 8.87. The number of hydrogen-bond donors (Lipinski definition) is 3. The Labute approximate surface area is 82.1 Å². The largest absolute Gasteiger partial charge is 0.383 e. The molecule has 1 aromatic rings. The van der Waals surface area contributed by atoms with Gasteiger partial charge in [-0.1, -0.05) is 6.07 Å². The lowest BCUT2D eigenvalue weighted by atomic mass is 10.2. The zero-order chi connectivity index (χ0) is 9.10. The van der Waals surface area contributed by atoms with Crippen LogP contribution in [0.15, 0.2) is 23.1 Å². The van der Waals surface area contributed by atoms with E-state index in [0.29, 0.717) is 0 Å². The maximum atomic E-state index is 5.26. The van der Waals surface area contributed by atoms with Gasteiger partial charge in [0.25, 0.3) is 0 Å². The van der Waals surface area contributed by atoms with Crippen LogP contribution in [0.2, 0.25) is 0 Å². The van der Waals surface area contributed by atoms with Gasteiger partial charge in [-0.25, -0.2) is 0 Å². The Balaban J connectivity index is 2.24. The summed E-state index contributed by atoms with van der Waals surface area (Å²) in [5.74, 6) is 6.41. The molecule has 0 radical (unpaired) electrons. The van der Waals surface area contributed by atoms with Crippen LogP contribution in [0.25, 0.3) is 0 Å². The second kappa shape index (κ2) is 4.00. The molecule has 0 saturated carbocycles. The normalized spacial score (nSPS) is 14.8. The van der Waals surface area contributed by atoms with Crippen molar-refractivity contribution in [1.29, 1.82) is 0 Å². The lowest BCUT2D eigenvalue weighted by molar-refractivity contribution is 0.740. The number of hydrazine groups is 1. The van der Waals surface area contributed by atoms with Gasteiger partial charge >= 0.3 is 0 Å². The molecule has 1 aliphatic heterocycles. The Morgan fingerprint density at radius 3 is 3.31 bits per heavy atom. The second-order valence-corrected chi connectivity index (χ2v) is 4.12. The molecule has 1 heterocycles. The van der Waals surface area contributed by atoms with E-state index in [2.05, 4.69) is 28.9 Å². The van der Waals surface area contributed by atoms with Crippen molar-refractivity contribution in [1.82, 2.24) is 5.43 Å². The predicted octanol–water partition coefficient (Wildman–Crippen LogP) is 1.17. The lowest BCUT2D eigenvalue weighted by Gasteiger charge is -2.17. The Kier molecular flexibility index (Phi) is 2.73. The highest BCUT2D eigenvalue weighted by atomic mass is 32.2. The fourth-order valence-corrected chi connectivity index (χ4v) is 2.36. The molecule has 2 rings (SSSR count). The van der Waals surface area contributed by atoms with Gasteiger partial charge in [0.2, 0.25) is 0 Å². The topological polar surface area (TPSA) is 50.1 Å². The van der Waals surface area contributed by atoms with Gasteiger partial charge in [0.05, 0.1) is 0 Å². The highest BCUT2D eigenvalue weighted by Gasteiger charge is 2.08. The van der Waals surface area contributed by atoms with Crippen LogP contribution in [0.5, 0.6) is 0 Å². The monoisotopic (exact) mass is 195 g/mol. The maximum absolute atomic E-state index is 5.26. The van der Waals surface area contributed by atoms with E-state index >= 15 is 0 Å². The molecule has 0 bridgehead atoms. The van der Waals surface area contributed by atoms with E-state index in [-0.39, 0.29) is 0 Å². The number of nitrogens with two attached hydrogens (primary N) is 1. The number of thioether (sulfide) groups is 1. The number of rotatable bonds is 2. The zero-order valence-electron chi connectivity index (χ0n) is 7.34. The third kappa shape index (κ3) is 1.96. The zero-order valence-corrected chi connectivity index (χ0v) is 8.16. The van der Waals surface area contributed by atoms with Crippen LogP contribution in [0, 0.1) is 0 Å². The number of nitrogens with one attached hydrogen (secondary N) is 2. The molecular weight excluding hydrogens is 182 g/mol. The summed E-state index contributed by atoms with van der Waals surface area (Å²) in [7, 11) is 0. The van der Waals surface area contributed by atoms with Gasteiger partial charge in [-0.15, -0.1) is 11.8 Å². The van der Waals surface area contributed by atoms with E-state index in [1.54, 1.807) is 0 Å². The summed E-state index contributed by atoms with van der Waals surface area (Å²) in [6, 6.07) is 6.40. The molecule has 0 unspecified atom stereocenters. The van der Waals surface area contributed by atoms with Crippen molar-refractivity contribution in [2.45, 2.75) is 11.4 Å². The third-order valence-corrected chi connectivity index (χ3v) is 3.08. The molecule has 70 valence electrons.